The Morgan fingerprint density at radius 2 is 2.29 bits per heavy atom. The number of aromatic amines is 1. The number of aromatic nitrogens is 5. The van der Waals surface area contributed by atoms with E-state index in [-0.39, 0.29) is 6.04 Å². The fourth-order valence-corrected chi connectivity index (χ4v) is 1.84. The highest BCUT2D eigenvalue weighted by molar-refractivity contribution is 5.14. The van der Waals surface area contributed by atoms with Gasteiger partial charge in [-0.1, -0.05) is 6.92 Å². The topological polar surface area (TPSA) is 85.4 Å². The third kappa shape index (κ3) is 2.52. The first-order chi connectivity index (χ1) is 8.24. The van der Waals surface area contributed by atoms with Gasteiger partial charge in [-0.05, 0) is 19.4 Å². The van der Waals surface area contributed by atoms with Crippen LogP contribution in [0.15, 0.2) is 12.3 Å². The minimum Gasteiger partial charge on any atom is -0.322 e. The summed E-state index contributed by atoms with van der Waals surface area (Å²) in [5.41, 5.74) is 9.12. The molecule has 2 aromatic rings. The summed E-state index contributed by atoms with van der Waals surface area (Å²) in [4.78, 5) is 0. The van der Waals surface area contributed by atoms with Crippen LogP contribution in [0, 0.1) is 0 Å². The molecule has 0 saturated heterocycles. The summed E-state index contributed by atoms with van der Waals surface area (Å²) in [5, 5.41) is 14.9. The quantitative estimate of drug-likeness (QED) is 0.802. The molecular weight excluding hydrogens is 216 g/mol. The molecule has 6 nitrogen and oxygen atoms in total. The molecule has 1 unspecified atom stereocenters. The van der Waals surface area contributed by atoms with E-state index in [2.05, 4.69) is 40.4 Å². The highest BCUT2D eigenvalue weighted by Crippen LogP contribution is 2.14. The first-order valence-corrected chi connectivity index (χ1v) is 5.91. The van der Waals surface area contributed by atoms with Gasteiger partial charge < -0.3 is 5.73 Å². The molecule has 0 aliphatic heterocycles. The molecule has 0 aliphatic carbocycles. The average molecular weight is 234 g/mol. The molecule has 2 aromatic heterocycles. The molecular formula is C11H18N6. The average Bonchev–Trinajstić information content (AvgIpc) is 2.97. The molecule has 0 fully saturated rings. The molecule has 17 heavy (non-hydrogen) atoms. The minimum atomic E-state index is -0.138. The monoisotopic (exact) mass is 234 g/mol. The Labute approximate surface area is 100 Å². The van der Waals surface area contributed by atoms with E-state index in [0.29, 0.717) is 0 Å². The SMILES string of the molecule is CCc1cc(CC(N)c2cn[nH]n2)n(CC)n1. The van der Waals surface area contributed by atoms with Crippen molar-refractivity contribution in [3.8, 4) is 0 Å². The van der Waals surface area contributed by atoms with Gasteiger partial charge in [0, 0.05) is 18.7 Å². The van der Waals surface area contributed by atoms with Crippen molar-refractivity contribution < 1.29 is 0 Å². The van der Waals surface area contributed by atoms with Crippen molar-refractivity contribution >= 4 is 0 Å². The summed E-state index contributed by atoms with van der Waals surface area (Å²) >= 11 is 0. The normalized spacial score (nSPS) is 12.9. The molecule has 0 aromatic carbocycles. The lowest BCUT2D eigenvalue weighted by Gasteiger charge is -2.09. The van der Waals surface area contributed by atoms with E-state index in [1.807, 2.05) is 4.68 Å². The van der Waals surface area contributed by atoms with Gasteiger partial charge in [0.2, 0.25) is 0 Å². The van der Waals surface area contributed by atoms with Crippen LogP contribution < -0.4 is 5.73 Å². The van der Waals surface area contributed by atoms with Crippen molar-refractivity contribution in [2.24, 2.45) is 5.73 Å². The number of hydrogen-bond acceptors (Lipinski definition) is 4. The van der Waals surface area contributed by atoms with Gasteiger partial charge in [0.25, 0.3) is 0 Å². The smallest absolute Gasteiger partial charge is 0.0995 e. The van der Waals surface area contributed by atoms with Crippen LogP contribution in [-0.4, -0.2) is 25.2 Å². The van der Waals surface area contributed by atoms with E-state index in [0.717, 1.165) is 36.5 Å². The maximum atomic E-state index is 6.08. The van der Waals surface area contributed by atoms with Crippen LogP contribution in [0.5, 0.6) is 0 Å². The first kappa shape index (κ1) is 11.8. The number of aryl methyl sites for hydroxylation is 2. The lowest BCUT2D eigenvalue weighted by atomic mass is 10.1. The summed E-state index contributed by atoms with van der Waals surface area (Å²) in [5.74, 6) is 0. The molecule has 0 saturated carbocycles. The molecule has 0 bridgehead atoms. The molecule has 92 valence electrons. The summed E-state index contributed by atoms with van der Waals surface area (Å²) < 4.78 is 2.00. The largest absolute Gasteiger partial charge is 0.322 e. The van der Waals surface area contributed by atoms with Crippen LogP contribution in [0.1, 0.15) is 37.0 Å². The molecule has 0 aliphatic rings. The van der Waals surface area contributed by atoms with Crippen molar-refractivity contribution in [3.05, 3.63) is 29.3 Å². The van der Waals surface area contributed by atoms with E-state index in [4.69, 9.17) is 5.73 Å². The Morgan fingerprint density at radius 3 is 2.88 bits per heavy atom. The van der Waals surface area contributed by atoms with E-state index >= 15 is 0 Å². The minimum absolute atomic E-state index is 0.138. The fraction of sp³-hybridized carbons (Fsp3) is 0.545. The van der Waals surface area contributed by atoms with E-state index in [1.165, 1.54) is 0 Å². The number of nitrogens with two attached hydrogens (primary N) is 1. The van der Waals surface area contributed by atoms with Crippen LogP contribution in [0.3, 0.4) is 0 Å². The van der Waals surface area contributed by atoms with Crippen molar-refractivity contribution in [1.29, 1.82) is 0 Å². The molecule has 0 radical (unpaired) electrons. The Kier molecular flexibility index (Phi) is 3.53. The number of hydrogen-bond donors (Lipinski definition) is 2. The molecule has 1 atom stereocenters. The maximum Gasteiger partial charge on any atom is 0.0995 e. The third-order valence-corrected chi connectivity index (χ3v) is 2.82. The van der Waals surface area contributed by atoms with Crippen LogP contribution in [-0.2, 0) is 19.4 Å². The van der Waals surface area contributed by atoms with E-state index < -0.39 is 0 Å². The fourth-order valence-electron chi connectivity index (χ4n) is 1.84. The summed E-state index contributed by atoms with van der Waals surface area (Å²) in [6.45, 7) is 5.04. The van der Waals surface area contributed by atoms with Crippen molar-refractivity contribution in [3.63, 3.8) is 0 Å². The molecule has 3 N–H and O–H groups in total. The van der Waals surface area contributed by atoms with Gasteiger partial charge >= 0.3 is 0 Å². The molecule has 2 heterocycles. The second-order valence-corrected chi connectivity index (χ2v) is 4.00. The van der Waals surface area contributed by atoms with Gasteiger partial charge in [-0.15, -0.1) is 0 Å². The molecule has 0 amide bonds. The Balaban J connectivity index is 2.15. The number of nitrogens with zero attached hydrogens (tertiary/aromatic N) is 4. The van der Waals surface area contributed by atoms with E-state index in [9.17, 15) is 0 Å². The lowest BCUT2D eigenvalue weighted by molar-refractivity contribution is 0.580. The van der Waals surface area contributed by atoms with Gasteiger partial charge in [-0.2, -0.15) is 20.5 Å². The van der Waals surface area contributed by atoms with Crippen molar-refractivity contribution in [2.45, 2.75) is 39.3 Å². The van der Waals surface area contributed by atoms with Crippen LogP contribution in [0.25, 0.3) is 0 Å². The van der Waals surface area contributed by atoms with Crippen LogP contribution in [0.4, 0.5) is 0 Å². The van der Waals surface area contributed by atoms with Crippen molar-refractivity contribution in [1.82, 2.24) is 25.2 Å². The zero-order valence-electron chi connectivity index (χ0n) is 10.2. The zero-order chi connectivity index (χ0) is 12.3. The number of rotatable bonds is 5. The van der Waals surface area contributed by atoms with Crippen molar-refractivity contribution in [2.75, 3.05) is 0 Å². The highest BCUT2D eigenvalue weighted by Gasteiger charge is 2.13. The Hall–Kier alpha value is -1.69. The van der Waals surface area contributed by atoms with Gasteiger partial charge in [-0.25, -0.2) is 0 Å². The Bertz CT molecular complexity index is 458. The Morgan fingerprint density at radius 1 is 1.47 bits per heavy atom. The van der Waals surface area contributed by atoms with Gasteiger partial charge in [-0.3, -0.25) is 4.68 Å². The third-order valence-electron chi connectivity index (χ3n) is 2.82. The molecule has 6 heteroatoms. The molecule has 0 spiro atoms. The lowest BCUT2D eigenvalue weighted by Crippen LogP contribution is -2.16. The number of nitrogens with one attached hydrogen (secondary N) is 1. The van der Waals surface area contributed by atoms with Gasteiger partial charge in [0.05, 0.1) is 23.6 Å². The zero-order valence-corrected chi connectivity index (χ0v) is 10.2. The summed E-state index contributed by atoms with van der Waals surface area (Å²) in [6.07, 6.45) is 3.34. The summed E-state index contributed by atoms with van der Waals surface area (Å²) in [7, 11) is 0. The van der Waals surface area contributed by atoms with Gasteiger partial charge in [0.1, 0.15) is 0 Å². The number of H-pyrrole nitrogens is 1. The first-order valence-electron chi connectivity index (χ1n) is 5.91. The predicted molar refractivity (Wildman–Crippen MR) is 64.3 cm³/mol. The van der Waals surface area contributed by atoms with E-state index in [1.54, 1.807) is 6.20 Å². The second-order valence-electron chi connectivity index (χ2n) is 4.00. The summed E-state index contributed by atoms with van der Waals surface area (Å²) in [6, 6.07) is 1.98. The van der Waals surface area contributed by atoms with Gasteiger partial charge in [0.15, 0.2) is 0 Å². The standard InChI is InChI=1S/C11H18N6/c1-3-8-5-9(17(4-2)15-8)6-10(12)11-7-13-16-14-11/h5,7,10H,3-4,6,12H2,1-2H3,(H,13,14,16). The van der Waals surface area contributed by atoms with Crippen LogP contribution in [0.2, 0.25) is 0 Å². The molecule has 2 rings (SSSR count). The maximum absolute atomic E-state index is 6.08. The van der Waals surface area contributed by atoms with Crippen LogP contribution >= 0.6 is 0 Å². The predicted octanol–water partition coefficient (Wildman–Crippen LogP) is 0.826. The second kappa shape index (κ2) is 5.09. The highest BCUT2D eigenvalue weighted by atomic mass is 15.3.